The van der Waals surface area contributed by atoms with Crippen LogP contribution in [0.1, 0.15) is 35.3 Å². The first-order valence-corrected chi connectivity index (χ1v) is 11.5. The minimum absolute atomic E-state index is 0.00702. The van der Waals surface area contributed by atoms with Crippen LogP contribution in [-0.2, 0) is 27.5 Å². The molecule has 0 N–H and O–H groups in total. The molecule has 1 saturated heterocycles. The summed E-state index contributed by atoms with van der Waals surface area (Å²) >= 11 is 0. The number of sulfonamides is 1. The Hall–Kier alpha value is -2.43. The SMILES string of the molecule is CC1CN(S(=O)(=O)c2cccc(C(=O)N(C)Cc3ccc(C(F)(F)F)cc3)c2)CC(C)O1. The second kappa shape index (κ2) is 9.21. The number of halogens is 3. The molecular formula is C22H25F3N2O4S. The Kier molecular flexibility index (Phi) is 6.97. The van der Waals surface area contributed by atoms with Crippen molar-refractivity contribution in [2.45, 2.75) is 43.7 Å². The maximum Gasteiger partial charge on any atom is 0.416 e. The highest BCUT2D eigenvalue weighted by atomic mass is 32.2. The van der Waals surface area contributed by atoms with Gasteiger partial charge in [-0.2, -0.15) is 17.5 Å². The molecule has 10 heteroatoms. The Labute approximate surface area is 185 Å². The first-order chi connectivity index (χ1) is 14.9. The zero-order chi connectivity index (χ0) is 23.7. The predicted molar refractivity (Wildman–Crippen MR) is 112 cm³/mol. The van der Waals surface area contributed by atoms with Crippen molar-refractivity contribution in [1.29, 1.82) is 0 Å². The smallest absolute Gasteiger partial charge is 0.373 e. The van der Waals surface area contributed by atoms with Crippen LogP contribution in [-0.4, -0.2) is 55.9 Å². The molecular weight excluding hydrogens is 445 g/mol. The lowest BCUT2D eigenvalue weighted by atomic mass is 10.1. The normalized spacial score (nSPS) is 20.2. The molecule has 0 bridgehead atoms. The van der Waals surface area contributed by atoms with Crippen LogP contribution in [0.5, 0.6) is 0 Å². The standard InChI is InChI=1S/C22H25F3N2O4S/c1-15-12-27(13-16(2)31-15)32(29,30)20-6-4-5-18(11-20)21(28)26(3)14-17-7-9-19(10-8-17)22(23,24)25/h4-11,15-16H,12-14H2,1-3H3. The predicted octanol–water partition coefficient (Wildman–Crippen LogP) is 3.78. The van der Waals surface area contributed by atoms with Gasteiger partial charge in [0, 0.05) is 32.2 Å². The van der Waals surface area contributed by atoms with Gasteiger partial charge in [-0.3, -0.25) is 4.79 Å². The Morgan fingerprint density at radius 2 is 1.69 bits per heavy atom. The number of alkyl halides is 3. The van der Waals surface area contributed by atoms with Gasteiger partial charge in [-0.25, -0.2) is 8.42 Å². The lowest BCUT2D eigenvalue weighted by molar-refractivity contribution is -0.137. The van der Waals surface area contributed by atoms with E-state index in [1.165, 1.54) is 52.7 Å². The van der Waals surface area contributed by atoms with Crippen LogP contribution >= 0.6 is 0 Å². The summed E-state index contributed by atoms with van der Waals surface area (Å²) in [4.78, 5) is 14.2. The molecule has 2 aromatic rings. The van der Waals surface area contributed by atoms with E-state index < -0.39 is 27.7 Å². The van der Waals surface area contributed by atoms with Gasteiger partial charge in [0.05, 0.1) is 22.7 Å². The number of morpholine rings is 1. The van der Waals surface area contributed by atoms with Gasteiger partial charge in [-0.15, -0.1) is 0 Å². The fourth-order valence-electron chi connectivity index (χ4n) is 3.63. The van der Waals surface area contributed by atoms with Crippen LogP contribution in [0.3, 0.4) is 0 Å². The highest BCUT2D eigenvalue weighted by Gasteiger charge is 2.33. The average Bonchev–Trinajstić information content (AvgIpc) is 2.72. The molecule has 0 spiro atoms. The van der Waals surface area contributed by atoms with Crippen LogP contribution in [0.25, 0.3) is 0 Å². The van der Waals surface area contributed by atoms with Gasteiger partial charge < -0.3 is 9.64 Å². The summed E-state index contributed by atoms with van der Waals surface area (Å²) in [5.74, 6) is -0.439. The van der Waals surface area contributed by atoms with E-state index in [4.69, 9.17) is 4.74 Å². The molecule has 2 unspecified atom stereocenters. The highest BCUT2D eigenvalue weighted by molar-refractivity contribution is 7.89. The zero-order valence-electron chi connectivity index (χ0n) is 18.0. The number of nitrogens with zero attached hydrogens (tertiary/aromatic N) is 2. The van der Waals surface area contributed by atoms with E-state index in [1.54, 1.807) is 13.8 Å². The minimum atomic E-state index is -4.43. The van der Waals surface area contributed by atoms with E-state index in [2.05, 4.69) is 0 Å². The fraction of sp³-hybridized carbons (Fsp3) is 0.409. The zero-order valence-corrected chi connectivity index (χ0v) is 18.8. The third-order valence-electron chi connectivity index (χ3n) is 5.15. The van der Waals surface area contributed by atoms with Crippen molar-refractivity contribution in [3.8, 4) is 0 Å². The van der Waals surface area contributed by atoms with E-state index >= 15 is 0 Å². The van der Waals surface area contributed by atoms with Gasteiger partial charge in [0.2, 0.25) is 10.0 Å². The molecule has 32 heavy (non-hydrogen) atoms. The molecule has 0 radical (unpaired) electrons. The van der Waals surface area contributed by atoms with Crippen LogP contribution < -0.4 is 0 Å². The number of hydrogen-bond donors (Lipinski definition) is 0. The molecule has 174 valence electrons. The number of carbonyl (C=O) groups is 1. The molecule has 1 aliphatic heterocycles. The van der Waals surface area contributed by atoms with E-state index in [9.17, 15) is 26.4 Å². The third kappa shape index (κ3) is 5.48. The first-order valence-electron chi connectivity index (χ1n) is 10.0. The number of hydrogen-bond acceptors (Lipinski definition) is 4. The lowest BCUT2D eigenvalue weighted by Gasteiger charge is -2.34. The summed E-state index contributed by atoms with van der Waals surface area (Å²) in [6.45, 7) is 4.12. The van der Waals surface area contributed by atoms with E-state index in [1.807, 2.05) is 0 Å². The molecule has 1 heterocycles. The lowest BCUT2D eigenvalue weighted by Crippen LogP contribution is -2.48. The van der Waals surface area contributed by atoms with E-state index in [-0.39, 0.29) is 42.3 Å². The largest absolute Gasteiger partial charge is 0.416 e. The van der Waals surface area contributed by atoms with Crippen molar-refractivity contribution in [2.24, 2.45) is 0 Å². The summed E-state index contributed by atoms with van der Waals surface area (Å²) in [5.41, 5.74) is -0.0661. The Balaban J connectivity index is 1.76. The van der Waals surface area contributed by atoms with Crippen LogP contribution in [0.4, 0.5) is 13.2 Å². The molecule has 1 fully saturated rings. The van der Waals surface area contributed by atoms with Gasteiger partial charge in [-0.05, 0) is 49.7 Å². The van der Waals surface area contributed by atoms with Gasteiger partial charge in [-0.1, -0.05) is 18.2 Å². The van der Waals surface area contributed by atoms with Crippen molar-refractivity contribution in [3.63, 3.8) is 0 Å². The summed E-state index contributed by atoms with van der Waals surface area (Å²) in [6, 6.07) is 10.3. The third-order valence-corrected chi connectivity index (χ3v) is 6.98. The number of rotatable bonds is 5. The highest BCUT2D eigenvalue weighted by Crippen LogP contribution is 2.29. The maximum atomic E-state index is 13.1. The average molecular weight is 471 g/mol. The Bertz CT molecular complexity index is 1060. The van der Waals surface area contributed by atoms with E-state index in [0.29, 0.717) is 5.56 Å². The molecule has 3 rings (SSSR count). The summed E-state index contributed by atoms with van der Waals surface area (Å²) in [7, 11) is -2.30. The summed E-state index contributed by atoms with van der Waals surface area (Å²) in [5, 5.41) is 0. The molecule has 2 aromatic carbocycles. The van der Waals surface area contributed by atoms with Crippen molar-refractivity contribution >= 4 is 15.9 Å². The van der Waals surface area contributed by atoms with Gasteiger partial charge >= 0.3 is 6.18 Å². The second-order valence-electron chi connectivity index (χ2n) is 7.96. The molecule has 6 nitrogen and oxygen atoms in total. The molecule has 1 amide bonds. The quantitative estimate of drug-likeness (QED) is 0.667. The number of benzene rings is 2. The second-order valence-corrected chi connectivity index (χ2v) is 9.90. The van der Waals surface area contributed by atoms with Gasteiger partial charge in [0.1, 0.15) is 0 Å². The van der Waals surface area contributed by atoms with E-state index in [0.717, 1.165) is 12.1 Å². The molecule has 2 atom stereocenters. The van der Waals surface area contributed by atoms with Crippen molar-refractivity contribution in [1.82, 2.24) is 9.21 Å². The maximum absolute atomic E-state index is 13.1. The van der Waals surface area contributed by atoms with Gasteiger partial charge in [0.15, 0.2) is 0 Å². The topological polar surface area (TPSA) is 66.9 Å². The summed E-state index contributed by atoms with van der Waals surface area (Å²) in [6.07, 6.45) is -4.91. The van der Waals surface area contributed by atoms with Crippen molar-refractivity contribution in [2.75, 3.05) is 20.1 Å². The Morgan fingerprint density at radius 1 is 1.09 bits per heavy atom. The molecule has 0 saturated carbocycles. The minimum Gasteiger partial charge on any atom is -0.373 e. The monoisotopic (exact) mass is 470 g/mol. The van der Waals surface area contributed by atoms with Crippen molar-refractivity contribution < 1.29 is 31.1 Å². The fourth-order valence-corrected chi connectivity index (χ4v) is 5.27. The summed E-state index contributed by atoms with van der Waals surface area (Å²) < 4.78 is 71.3. The molecule has 1 aliphatic rings. The molecule has 0 aliphatic carbocycles. The van der Waals surface area contributed by atoms with Crippen LogP contribution in [0, 0.1) is 0 Å². The van der Waals surface area contributed by atoms with Crippen LogP contribution in [0.2, 0.25) is 0 Å². The first kappa shape index (κ1) is 24.2. The number of ether oxygens (including phenoxy) is 1. The number of amides is 1. The Morgan fingerprint density at radius 3 is 2.25 bits per heavy atom. The van der Waals surface area contributed by atoms with Crippen molar-refractivity contribution in [3.05, 3.63) is 65.2 Å². The van der Waals surface area contributed by atoms with Gasteiger partial charge in [0.25, 0.3) is 5.91 Å². The van der Waals surface area contributed by atoms with Crippen LogP contribution in [0.15, 0.2) is 53.4 Å². The molecule has 0 aromatic heterocycles. The number of carbonyl (C=O) groups excluding carboxylic acids is 1.